The SMILES string of the molecule is CC1(C)OCC(C)(C)[C@H](C[C@@H]2OC(c3ccccc3)O[C@H](C[C@H]3OC(C)(C)OCC3(C)C)C2(C)C)O1. The zero-order chi connectivity index (χ0) is 26.6. The minimum Gasteiger partial charge on any atom is -0.350 e. The molecule has 204 valence electrons. The Morgan fingerprint density at radius 2 is 1.03 bits per heavy atom. The van der Waals surface area contributed by atoms with Gasteiger partial charge in [-0.15, -0.1) is 0 Å². The summed E-state index contributed by atoms with van der Waals surface area (Å²) in [6.07, 6.45) is 0.928. The van der Waals surface area contributed by atoms with Crippen LogP contribution in [0.15, 0.2) is 30.3 Å². The van der Waals surface area contributed by atoms with Gasteiger partial charge < -0.3 is 28.4 Å². The molecule has 1 aromatic rings. The summed E-state index contributed by atoms with van der Waals surface area (Å²) in [6, 6.07) is 10.2. The third-order valence-corrected chi connectivity index (χ3v) is 8.34. The molecular formula is C30H48O6. The molecule has 0 amide bonds. The Labute approximate surface area is 218 Å². The molecule has 4 rings (SSSR count). The average molecular weight is 505 g/mol. The maximum Gasteiger partial charge on any atom is 0.184 e. The Morgan fingerprint density at radius 3 is 1.44 bits per heavy atom. The van der Waals surface area contributed by atoms with Crippen LogP contribution in [0.2, 0.25) is 0 Å². The van der Waals surface area contributed by atoms with E-state index >= 15 is 0 Å². The van der Waals surface area contributed by atoms with E-state index < -0.39 is 17.9 Å². The van der Waals surface area contributed by atoms with E-state index in [2.05, 4.69) is 53.7 Å². The van der Waals surface area contributed by atoms with Gasteiger partial charge >= 0.3 is 0 Å². The molecule has 0 aliphatic carbocycles. The third kappa shape index (κ3) is 6.00. The summed E-state index contributed by atoms with van der Waals surface area (Å²) >= 11 is 0. The van der Waals surface area contributed by atoms with Gasteiger partial charge in [0.1, 0.15) is 0 Å². The summed E-state index contributed by atoms with van der Waals surface area (Å²) in [5.41, 5.74) is 0.513. The maximum atomic E-state index is 6.76. The lowest BCUT2D eigenvalue weighted by Gasteiger charge is -2.54. The summed E-state index contributed by atoms with van der Waals surface area (Å²) in [5.74, 6) is -1.22. The average Bonchev–Trinajstić information content (AvgIpc) is 2.77. The summed E-state index contributed by atoms with van der Waals surface area (Å²) in [4.78, 5) is 0. The Bertz CT molecular complexity index is 838. The highest BCUT2D eigenvalue weighted by molar-refractivity contribution is 5.17. The first-order chi connectivity index (χ1) is 16.5. The van der Waals surface area contributed by atoms with Crippen LogP contribution in [0.4, 0.5) is 0 Å². The van der Waals surface area contributed by atoms with Crippen molar-refractivity contribution in [2.75, 3.05) is 13.2 Å². The van der Waals surface area contributed by atoms with Gasteiger partial charge in [0, 0.05) is 34.7 Å². The standard InChI is InChI=1S/C30H48O6/c1-26(2)18-31-29(7,8)35-21(26)16-23-28(5,6)24(34-25(33-23)20-14-12-11-13-15-20)17-22-27(3,4)19-32-30(9,10)36-22/h11-15,21-25H,16-19H2,1-10H3/t21-,22+,23-,24+,25?. The molecule has 1 aromatic carbocycles. The minimum atomic E-state index is -0.612. The van der Waals surface area contributed by atoms with Gasteiger partial charge in [-0.3, -0.25) is 0 Å². The fraction of sp³-hybridized carbons (Fsp3) is 0.800. The van der Waals surface area contributed by atoms with Crippen LogP contribution < -0.4 is 0 Å². The largest absolute Gasteiger partial charge is 0.350 e. The van der Waals surface area contributed by atoms with Gasteiger partial charge in [-0.05, 0) is 27.7 Å². The molecule has 3 aliphatic rings. The third-order valence-electron chi connectivity index (χ3n) is 8.34. The van der Waals surface area contributed by atoms with Crippen LogP contribution >= 0.6 is 0 Å². The molecule has 6 nitrogen and oxygen atoms in total. The second kappa shape index (κ2) is 9.62. The molecule has 3 heterocycles. The van der Waals surface area contributed by atoms with Crippen molar-refractivity contribution in [2.45, 2.75) is 124 Å². The molecule has 36 heavy (non-hydrogen) atoms. The molecule has 0 spiro atoms. The van der Waals surface area contributed by atoms with Crippen molar-refractivity contribution in [2.24, 2.45) is 16.2 Å². The second-order valence-corrected chi connectivity index (χ2v) is 13.9. The molecule has 0 N–H and O–H groups in total. The molecule has 3 aliphatic heterocycles. The van der Waals surface area contributed by atoms with Crippen LogP contribution in [-0.4, -0.2) is 49.2 Å². The summed E-state index contributed by atoms with van der Waals surface area (Å²) in [5, 5.41) is 0. The van der Waals surface area contributed by atoms with E-state index in [0.29, 0.717) is 13.2 Å². The van der Waals surface area contributed by atoms with Crippen LogP contribution in [0.25, 0.3) is 0 Å². The number of ether oxygens (including phenoxy) is 6. The van der Waals surface area contributed by atoms with E-state index in [-0.39, 0.29) is 40.7 Å². The predicted molar refractivity (Wildman–Crippen MR) is 139 cm³/mol. The quantitative estimate of drug-likeness (QED) is 0.449. The van der Waals surface area contributed by atoms with Crippen LogP contribution in [0.1, 0.15) is 93.9 Å². The fourth-order valence-corrected chi connectivity index (χ4v) is 5.48. The molecule has 5 atom stereocenters. The summed E-state index contributed by atoms with van der Waals surface area (Å²) < 4.78 is 38.5. The Balaban J connectivity index is 1.63. The van der Waals surface area contributed by atoms with Gasteiger partial charge in [0.05, 0.1) is 37.6 Å². The molecule has 0 saturated carbocycles. The zero-order valence-electron chi connectivity index (χ0n) is 24.1. The maximum absolute atomic E-state index is 6.76. The van der Waals surface area contributed by atoms with E-state index in [9.17, 15) is 0 Å². The topological polar surface area (TPSA) is 55.4 Å². The minimum absolute atomic E-state index is 0.00426. The summed E-state index contributed by atoms with van der Waals surface area (Å²) in [7, 11) is 0. The number of benzene rings is 1. The molecule has 0 aromatic heterocycles. The first-order valence-electron chi connectivity index (χ1n) is 13.5. The van der Waals surface area contributed by atoms with Crippen molar-refractivity contribution >= 4 is 0 Å². The highest BCUT2D eigenvalue weighted by Crippen LogP contribution is 2.49. The number of rotatable bonds is 5. The van der Waals surface area contributed by atoms with Gasteiger partial charge in [-0.1, -0.05) is 71.9 Å². The smallest absolute Gasteiger partial charge is 0.184 e. The molecule has 3 fully saturated rings. The van der Waals surface area contributed by atoms with E-state index in [1.165, 1.54) is 0 Å². The van der Waals surface area contributed by atoms with E-state index in [1.54, 1.807) is 0 Å². The van der Waals surface area contributed by atoms with Crippen molar-refractivity contribution in [3.05, 3.63) is 35.9 Å². The first-order valence-corrected chi connectivity index (χ1v) is 13.5. The monoisotopic (exact) mass is 504 g/mol. The lowest BCUT2D eigenvalue weighted by atomic mass is 9.70. The lowest BCUT2D eigenvalue weighted by molar-refractivity contribution is -0.349. The molecule has 0 radical (unpaired) electrons. The molecule has 3 saturated heterocycles. The van der Waals surface area contributed by atoms with Gasteiger partial charge in [-0.25, -0.2) is 0 Å². The lowest BCUT2D eigenvalue weighted by Crippen LogP contribution is -2.58. The van der Waals surface area contributed by atoms with Crippen molar-refractivity contribution in [3.63, 3.8) is 0 Å². The Kier molecular flexibility index (Phi) is 7.48. The highest BCUT2D eigenvalue weighted by atomic mass is 16.7. The van der Waals surface area contributed by atoms with Gasteiger partial charge in [-0.2, -0.15) is 0 Å². The highest BCUT2D eigenvalue weighted by Gasteiger charge is 2.53. The van der Waals surface area contributed by atoms with Gasteiger partial charge in [0.2, 0.25) is 0 Å². The zero-order valence-corrected chi connectivity index (χ0v) is 24.1. The van der Waals surface area contributed by atoms with Crippen molar-refractivity contribution in [1.82, 2.24) is 0 Å². The molecular weight excluding hydrogens is 456 g/mol. The van der Waals surface area contributed by atoms with Gasteiger partial charge in [0.25, 0.3) is 0 Å². The van der Waals surface area contributed by atoms with Gasteiger partial charge in [0.15, 0.2) is 17.9 Å². The normalized spacial score (nSPS) is 36.8. The van der Waals surface area contributed by atoms with E-state index in [0.717, 1.165) is 18.4 Å². The van der Waals surface area contributed by atoms with Crippen LogP contribution in [0, 0.1) is 16.2 Å². The fourth-order valence-electron chi connectivity index (χ4n) is 5.48. The van der Waals surface area contributed by atoms with Crippen LogP contribution in [0.5, 0.6) is 0 Å². The summed E-state index contributed by atoms with van der Waals surface area (Å²) in [6.45, 7) is 22.7. The number of hydrogen-bond donors (Lipinski definition) is 0. The molecule has 0 bridgehead atoms. The predicted octanol–water partition coefficient (Wildman–Crippen LogP) is 6.63. The van der Waals surface area contributed by atoms with Crippen molar-refractivity contribution < 1.29 is 28.4 Å². The second-order valence-electron chi connectivity index (χ2n) is 13.9. The number of hydrogen-bond acceptors (Lipinski definition) is 6. The Morgan fingerprint density at radius 1 is 0.611 bits per heavy atom. The molecule has 1 unspecified atom stereocenters. The van der Waals surface area contributed by atoms with E-state index in [1.807, 2.05) is 45.9 Å². The van der Waals surface area contributed by atoms with Crippen molar-refractivity contribution in [1.29, 1.82) is 0 Å². The molecule has 6 heteroatoms. The first kappa shape index (κ1) is 28.0. The van der Waals surface area contributed by atoms with Crippen molar-refractivity contribution in [3.8, 4) is 0 Å². The van der Waals surface area contributed by atoms with Crippen LogP contribution in [-0.2, 0) is 28.4 Å². The van der Waals surface area contributed by atoms with E-state index in [4.69, 9.17) is 28.4 Å². The van der Waals surface area contributed by atoms with Crippen LogP contribution in [0.3, 0.4) is 0 Å². The Hall–Kier alpha value is -1.02.